The number of benzene rings is 2. The molecule has 0 bridgehead atoms. The second-order valence-electron chi connectivity index (χ2n) is 8.38. The van der Waals surface area contributed by atoms with Gasteiger partial charge in [0.05, 0.1) is 10.9 Å². The first-order valence-electron chi connectivity index (χ1n) is 11.3. The third-order valence-electron chi connectivity index (χ3n) is 5.89. The molecule has 1 saturated heterocycles. The first-order valence-corrected chi connectivity index (χ1v) is 12.8. The molecule has 1 aliphatic rings. The van der Waals surface area contributed by atoms with Crippen LogP contribution in [0, 0.1) is 6.92 Å². The lowest BCUT2D eigenvalue weighted by Crippen LogP contribution is -2.54. The van der Waals surface area contributed by atoms with Crippen LogP contribution in [0.3, 0.4) is 0 Å². The quantitative estimate of drug-likeness (QED) is 0.550. The lowest BCUT2D eigenvalue weighted by atomic mass is 10.1. The van der Waals surface area contributed by atoms with Gasteiger partial charge in [0.15, 0.2) is 0 Å². The van der Waals surface area contributed by atoms with Crippen LogP contribution < -0.4 is 9.62 Å². The largest absolute Gasteiger partial charge is 0.368 e. The average Bonchev–Trinajstić information content (AvgIpc) is 3.33. The van der Waals surface area contributed by atoms with Crippen LogP contribution in [0.4, 0.5) is 5.69 Å². The van der Waals surface area contributed by atoms with Gasteiger partial charge in [-0.3, -0.25) is 4.79 Å². The van der Waals surface area contributed by atoms with Crippen LogP contribution in [0.1, 0.15) is 25.3 Å². The number of hydrogen-bond acceptors (Lipinski definition) is 7. The molecule has 34 heavy (non-hydrogen) atoms. The van der Waals surface area contributed by atoms with Gasteiger partial charge in [0.2, 0.25) is 27.6 Å². The Hall–Kier alpha value is -3.24. The standard InChI is InChI=1S/C24H29N5O4S/c1-4-22-25-23(26-33-22)19-7-9-20(10-8-19)28-13-15-29(16-14-28)24(30)18(3)27-34(31,32)21-11-5-17(2)6-12-21/h5-12,18,27H,4,13-16H2,1-3H3/t18-/m1/s1. The van der Waals surface area contributed by atoms with Crippen molar-refractivity contribution in [3.63, 3.8) is 0 Å². The predicted octanol–water partition coefficient (Wildman–Crippen LogP) is 2.62. The summed E-state index contributed by atoms with van der Waals surface area (Å²) in [6.45, 7) is 7.78. The fourth-order valence-electron chi connectivity index (χ4n) is 3.86. The van der Waals surface area contributed by atoms with Gasteiger partial charge in [0.25, 0.3) is 0 Å². The topological polar surface area (TPSA) is 109 Å². The number of rotatable bonds is 7. The van der Waals surface area contributed by atoms with Crippen molar-refractivity contribution in [2.45, 2.75) is 38.1 Å². The highest BCUT2D eigenvalue weighted by molar-refractivity contribution is 7.89. The fraction of sp³-hybridized carbons (Fsp3) is 0.375. The highest BCUT2D eigenvalue weighted by Crippen LogP contribution is 2.22. The first-order chi connectivity index (χ1) is 16.3. The van der Waals surface area contributed by atoms with E-state index in [9.17, 15) is 13.2 Å². The van der Waals surface area contributed by atoms with Gasteiger partial charge >= 0.3 is 0 Å². The summed E-state index contributed by atoms with van der Waals surface area (Å²) in [5.41, 5.74) is 2.90. The van der Waals surface area contributed by atoms with Gasteiger partial charge in [-0.15, -0.1) is 0 Å². The van der Waals surface area contributed by atoms with E-state index < -0.39 is 16.1 Å². The maximum absolute atomic E-state index is 12.9. The Balaban J connectivity index is 1.33. The van der Waals surface area contributed by atoms with Crippen LogP contribution in [0.5, 0.6) is 0 Å². The molecule has 0 saturated carbocycles. The molecule has 0 radical (unpaired) electrons. The minimum Gasteiger partial charge on any atom is -0.368 e. The normalized spacial score (nSPS) is 15.4. The number of aryl methyl sites for hydroxylation is 2. The molecule has 1 amide bonds. The molecule has 0 aliphatic carbocycles. The molecule has 9 nitrogen and oxygen atoms in total. The molecule has 1 aliphatic heterocycles. The molecule has 2 aromatic carbocycles. The van der Waals surface area contributed by atoms with E-state index in [0.29, 0.717) is 44.3 Å². The molecule has 1 aromatic heterocycles. The van der Waals surface area contributed by atoms with Crippen molar-refractivity contribution in [3.8, 4) is 11.4 Å². The zero-order valence-electron chi connectivity index (χ0n) is 19.6. The number of anilines is 1. The highest BCUT2D eigenvalue weighted by atomic mass is 32.2. The summed E-state index contributed by atoms with van der Waals surface area (Å²) in [6, 6.07) is 13.6. The summed E-state index contributed by atoms with van der Waals surface area (Å²) in [5, 5.41) is 4.00. The molecule has 1 fully saturated rings. The van der Waals surface area contributed by atoms with Gasteiger partial charge < -0.3 is 14.3 Å². The molecule has 2 heterocycles. The molecular weight excluding hydrogens is 454 g/mol. The number of aromatic nitrogens is 2. The third-order valence-corrected chi connectivity index (χ3v) is 7.44. The van der Waals surface area contributed by atoms with E-state index in [1.54, 1.807) is 36.1 Å². The number of piperazine rings is 1. The van der Waals surface area contributed by atoms with E-state index in [1.807, 2.05) is 38.1 Å². The lowest BCUT2D eigenvalue weighted by Gasteiger charge is -2.37. The molecule has 1 N–H and O–H groups in total. The molecule has 3 aromatic rings. The van der Waals surface area contributed by atoms with Crippen molar-refractivity contribution in [3.05, 3.63) is 60.0 Å². The van der Waals surface area contributed by atoms with Crippen molar-refractivity contribution in [1.82, 2.24) is 19.8 Å². The number of nitrogens with zero attached hydrogens (tertiary/aromatic N) is 4. The van der Waals surface area contributed by atoms with Crippen LogP contribution in [-0.4, -0.2) is 61.6 Å². The summed E-state index contributed by atoms with van der Waals surface area (Å²) < 4.78 is 32.9. The summed E-state index contributed by atoms with van der Waals surface area (Å²) in [6.07, 6.45) is 0.695. The molecule has 1 atom stereocenters. The molecule has 10 heteroatoms. The van der Waals surface area contributed by atoms with Gasteiger partial charge in [-0.05, 0) is 50.2 Å². The molecule has 180 valence electrons. The zero-order valence-corrected chi connectivity index (χ0v) is 20.4. The fourth-order valence-corrected chi connectivity index (χ4v) is 5.06. The highest BCUT2D eigenvalue weighted by Gasteiger charge is 2.28. The van der Waals surface area contributed by atoms with E-state index >= 15 is 0 Å². The number of amides is 1. The maximum atomic E-state index is 12.9. The minimum atomic E-state index is -3.77. The summed E-state index contributed by atoms with van der Waals surface area (Å²) >= 11 is 0. The van der Waals surface area contributed by atoms with E-state index in [2.05, 4.69) is 19.8 Å². The number of carbonyl (C=O) groups is 1. The second kappa shape index (κ2) is 9.94. The van der Waals surface area contributed by atoms with Crippen molar-refractivity contribution in [2.24, 2.45) is 0 Å². The van der Waals surface area contributed by atoms with Crippen LogP contribution in [0.25, 0.3) is 11.4 Å². The maximum Gasteiger partial charge on any atom is 0.241 e. The first kappa shape index (κ1) is 23.9. The predicted molar refractivity (Wildman–Crippen MR) is 129 cm³/mol. The Kier molecular flexibility index (Phi) is 6.99. The van der Waals surface area contributed by atoms with Crippen LogP contribution >= 0.6 is 0 Å². The van der Waals surface area contributed by atoms with Gasteiger partial charge in [0.1, 0.15) is 0 Å². The van der Waals surface area contributed by atoms with Crippen molar-refractivity contribution in [1.29, 1.82) is 0 Å². The van der Waals surface area contributed by atoms with Gasteiger partial charge in [-0.1, -0.05) is 29.8 Å². The minimum absolute atomic E-state index is 0.151. The Bertz CT molecular complexity index is 1230. The van der Waals surface area contributed by atoms with E-state index in [1.165, 1.54) is 0 Å². The smallest absolute Gasteiger partial charge is 0.241 e. The lowest BCUT2D eigenvalue weighted by molar-refractivity contribution is -0.132. The Labute approximate surface area is 199 Å². The summed E-state index contributed by atoms with van der Waals surface area (Å²) in [4.78, 5) is 21.3. The molecule has 4 rings (SSSR count). The number of hydrogen-bond donors (Lipinski definition) is 1. The van der Waals surface area contributed by atoms with Crippen LogP contribution in [-0.2, 0) is 21.2 Å². The summed E-state index contributed by atoms with van der Waals surface area (Å²) in [5.74, 6) is 0.950. The van der Waals surface area contributed by atoms with E-state index in [0.717, 1.165) is 16.8 Å². The van der Waals surface area contributed by atoms with E-state index in [4.69, 9.17) is 4.52 Å². The number of carbonyl (C=O) groups excluding carboxylic acids is 1. The Morgan fingerprint density at radius 2 is 1.71 bits per heavy atom. The van der Waals surface area contributed by atoms with Crippen LogP contribution in [0.15, 0.2) is 57.9 Å². The number of nitrogens with one attached hydrogen (secondary N) is 1. The van der Waals surface area contributed by atoms with Gasteiger partial charge in [-0.2, -0.15) is 9.71 Å². The van der Waals surface area contributed by atoms with Gasteiger partial charge in [0, 0.05) is 43.9 Å². The molecular formula is C24H29N5O4S. The van der Waals surface area contributed by atoms with E-state index in [-0.39, 0.29) is 10.8 Å². The summed E-state index contributed by atoms with van der Waals surface area (Å²) in [7, 11) is -3.77. The second-order valence-corrected chi connectivity index (χ2v) is 10.1. The monoisotopic (exact) mass is 483 g/mol. The van der Waals surface area contributed by atoms with Crippen molar-refractivity contribution in [2.75, 3.05) is 31.1 Å². The molecule has 0 unspecified atom stereocenters. The zero-order chi connectivity index (χ0) is 24.3. The van der Waals surface area contributed by atoms with Crippen molar-refractivity contribution >= 4 is 21.6 Å². The molecule has 0 spiro atoms. The Morgan fingerprint density at radius 1 is 1.06 bits per heavy atom. The number of sulfonamides is 1. The SMILES string of the molecule is CCc1nc(-c2ccc(N3CCN(C(=O)[C@@H](C)NS(=O)(=O)c4ccc(C)cc4)CC3)cc2)no1. The van der Waals surface area contributed by atoms with Crippen LogP contribution in [0.2, 0.25) is 0 Å². The third kappa shape index (κ3) is 5.28. The average molecular weight is 484 g/mol. The van der Waals surface area contributed by atoms with Crippen molar-refractivity contribution < 1.29 is 17.7 Å². The Morgan fingerprint density at radius 3 is 2.29 bits per heavy atom. The van der Waals surface area contributed by atoms with Gasteiger partial charge in [-0.25, -0.2) is 8.42 Å².